The van der Waals surface area contributed by atoms with E-state index in [1.54, 1.807) is 0 Å². The third-order valence-electron chi connectivity index (χ3n) is 23.6. The maximum Gasteiger partial charge on any atom is 0.0590 e. The molecule has 0 spiro atoms. The zero-order valence-corrected chi connectivity index (χ0v) is 74.1. The molecule has 8 heteroatoms. The third-order valence-corrected chi connectivity index (χ3v) is 29.4. The van der Waals surface area contributed by atoms with Crippen molar-refractivity contribution in [3.63, 3.8) is 0 Å². The molecule has 25 aromatic rings. The average Bonchev–Trinajstić information content (AvgIpc) is 1.64. The second-order valence-corrected chi connectivity index (χ2v) is 37.4. The Morgan fingerprint density at radius 3 is 0.984 bits per heavy atom. The molecular formula is C120H85N3S5. The Kier molecular flexibility index (Phi) is 23.3. The Balaban J connectivity index is 0.0000000973. The maximum atomic E-state index is 3.61. The minimum absolute atomic E-state index is 0.971. The summed E-state index contributed by atoms with van der Waals surface area (Å²) in [6.07, 6.45) is 1.95. The van der Waals surface area contributed by atoms with Gasteiger partial charge in [0, 0.05) is 125 Å². The van der Waals surface area contributed by atoms with Crippen LogP contribution >= 0.6 is 56.7 Å². The van der Waals surface area contributed by atoms with Crippen LogP contribution in [0, 0.1) is 0 Å². The number of thiophene rings is 5. The lowest BCUT2D eigenvalue weighted by molar-refractivity contribution is 1.20. The molecular weight excluding hydrogens is 1640 g/mol. The summed E-state index contributed by atoms with van der Waals surface area (Å²) < 4.78 is 13.5. The highest BCUT2D eigenvalue weighted by Crippen LogP contribution is 2.44. The monoisotopic (exact) mass is 1730 g/mol. The summed E-state index contributed by atoms with van der Waals surface area (Å²) in [6.45, 7) is 0. The fraction of sp³-hybridized carbons (Fsp3) is 0.0167. The molecule has 3 nitrogen and oxygen atoms in total. The van der Waals surface area contributed by atoms with Crippen LogP contribution in [0.3, 0.4) is 0 Å². The van der Waals surface area contributed by atoms with E-state index in [1.807, 2.05) is 74.9 Å². The fourth-order valence-corrected chi connectivity index (χ4v) is 22.9. The molecule has 0 aliphatic heterocycles. The SMILES string of the molecule is c1ccc(-c2ccc(Cc3ccc4c(c3)sc3ccccc34)cc2)cc1.c1ccc(-c2ccc(Nc3ccc4sc5ccccc5c4c3)cc2)cc1.c1ccc(-c2ccc(Nc3cccc4c3sc3ccccc34)cc2)cc1.c1ccc(-c2ccc(Nc3cccc4sc5ccccc5c34)cc2)cc1.c1ccc2cc(Cc3ccc4c(c3)sc3ccccc34)ccc2c1. The second-order valence-electron chi connectivity index (χ2n) is 32.0. The van der Waals surface area contributed by atoms with E-state index in [4.69, 9.17) is 0 Å². The molecule has 0 radical (unpaired) electrons. The molecule has 0 amide bonds. The summed E-state index contributed by atoms with van der Waals surface area (Å²) in [6, 6.07) is 169. The number of rotatable bonds is 14. The molecule has 0 atom stereocenters. The Labute approximate surface area is 764 Å². The van der Waals surface area contributed by atoms with Crippen molar-refractivity contribution in [2.75, 3.05) is 16.0 Å². The molecule has 128 heavy (non-hydrogen) atoms. The molecule has 5 heterocycles. The van der Waals surface area contributed by atoms with Gasteiger partial charge in [0.2, 0.25) is 0 Å². The molecule has 0 unspecified atom stereocenters. The van der Waals surface area contributed by atoms with Gasteiger partial charge in [0.25, 0.3) is 0 Å². The highest BCUT2D eigenvalue weighted by atomic mass is 32.1. The number of anilines is 6. The zero-order valence-electron chi connectivity index (χ0n) is 70.0. The van der Waals surface area contributed by atoms with E-state index in [-0.39, 0.29) is 0 Å². The van der Waals surface area contributed by atoms with Gasteiger partial charge in [-0.15, -0.1) is 56.7 Å². The van der Waals surface area contributed by atoms with Crippen molar-refractivity contribution in [2.45, 2.75) is 12.8 Å². The molecule has 0 aliphatic carbocycles. The normalized spacial score (nSPS) is 11.2. The first-order chi connectivity index (χ1) is 63.4. The Hall–Kier alpha value is -14.8. The number of benzene rings is 20. The van der Waals surface area contributed by atoms with Crippen LogP contribution in [-0.2, 0) is 12.8 Å². The summed E-state index contributed by atoms with van der Waals surface area (Å²) in [5, 5.41) is 26.8. The van der Waals surface area contributed by atoms with Crippen LogP contribution in [0.4, 0.5) is 34.1 Å². The predicted molar refractivity (Wildman–Crippen MR) is 564 cm³/mol. The van der Waals surface area contributed by atoms with Gasteiger partial charge in [0.05, 0.1) is 10.4 Å². The first-order valence-electron chi connectivity index (χ1n) is 43.3. The molecule has 0 saturated carbocycles. The van der Waals surface area contributed by atoms with Crippen LogP contribution in [0.15, 0.2) is 473 Å². The Morgan fingerprint density at radius 1 is 0.156 bits per heavy atom. The van der Waals surface area contributed by atoms with Crippen molar-refractivity contribution in [1.29, 1.82) is 0 Å². The quantitative estimate of drug-likeness (QED) is 0.102. The molecule has 20 aromatic carbocycles. The van der Waals surface area contributed by atoms with Gasteiger partial charge in [0.15, 0.2) is 0 Å². The van der Waals surface area contributed by atoms with Gasteiger partial charge in [-0.25, -0.2) is 0 Å². The smallest absolute Gasteiger partial charge is 0.0590 e. The molecule has 25 rings (SSSR count). The van der Waals surface area contributed by atoms with E-state index in [2.05, 4.69) is 471 Å². The van der Waals surface area contributed by atoms with Gasteiger partial charge >= 0.3 is 0 Å². The van der Waals surface area contributed by atoms with E-state index in [9.17, 15) is 0 Å². The molecule has 3 N–H and O–H groups in total. The lowest BCUT2D eigenvalue weighted by Gasteiger charge is -2.10. The minimum atomic E-state index is 0.971. The van der Waals surface area contributed by atoms with E-state index in [1.165, 1.54) is 178 Å². The summed E-state index contributed by atoms with van der Waals surface area (Å²) in [5.74, 6) is 0. The predicted octanol–water partition coefficient (Wildman–Crippen LogP) is 36.5. The first kappa shape index (κ1) is 80.3. The zero-order chi connectivity index (χ0) is 85.3. The Morgan fingerprint density at radius 2 is 0.469 bits per heavy atom. The summed E-state index contributed by atoms with van der Waals surface area (Å²) >= 11 is 9.31. The van der Waals surface area contributed by atoms with Crippen molar-refractivity contribution in [1.82, 2.24) is 0 Å². The lowest BCUT2D eigenvalue weighted by atomic mass is 10.00. The van der Waals surface area contributed by atoms with Gasteiger partial charge in [-0.3, -0.25) is 0 Å². The van der Waals surface area contributed by atoms with Crippen LogP contribution in [0.2, 0.25) is 0 Å². The largest absolute Gasteiger partial charge is 0.356 e. The number of hydrogen-bond donors (Lipinski definition) is 3. The van der Waals surface area contributed by atoms with Crippen molar-refractivity contribution in [3.8, 4) is 44.5 Å². The van der Waals surface area contributed by atoms with Gasteiger partial charge < -0.3 is 16.0 Å². The fourth-order valence-electron chi connectivity index (χ4n) is 17.2. The second kappa shape index (κ2) is 37.1. The van der Waals surface area contributed by atoms with Gasteiger partial charge in [-0.1, -0.05) is 358 Å². The molecule has 5 aromatic heterocycles. The average molecular weight is 1730 g/mol. The van der Waals surface area contributed by atoms with Gasteiger partial charge in [-0.2, -0.15) is 0 Å². The molecule has 0 bridgehead atoms. The summed E-state index contributed by atoms with van der Waals surface area (Å²) in [7, 11) is 0. The van der Waals surface area contributed by atoms with Crippen LogP contribution < -0.4 is 16.0 Å². The minimum Gasteiger partial charge on any atom is -0.356 e. The van der Waals surface area contributed by atoms with E-state index in [0.717, 1.165) is 47.0 Å². The van der Waals surface area contributed by atoms with Crippen LogP contribution in [-0.4, -0.2) is 0 Å². The van der Waals surface area contributed by atoms with Crippen molar-refractivity contribution >= 4 is 202 Å². The number of hydrogen-bond acceptors (Lipinski definition) is 8. The summed E-state index contributed by atoms with van der Waals surface area (Å²) in [4.78, 5) is 0. The Bertz CT molecular complexity index is 8150. The van der Waals surface area contributed by atoms with E-state index >= 15 is 0 Å². The van der Waals surface area contributed by atoms with Crippen LogP contribution in [0.1, 0.15) is 22.3 Å². The topological polar surface area (TPSA) is 36.1 Å². The van der Waals surface area contributed by atoms with Gasteiger partial charge in [-0.05, 0) is 206 Å². The highest BCUT2D eigenvalue weighted by Gasteiger charge is 2.15. The first-order valence-corrected chi connectivity index (χ1v) is 47.4. The lowest BCUT2D eigenvalue weighted by Crippen LogP contribution is -1.90. The van der Waals surface area contributed by atoms with E-state index < -0.39 is 0 Å². The van der Waals surface area contributed by atoms with Crippen LogP contribution in [0.25, 0.3) is 156 Å². The van der Waals surface area contributed by atoms with Gasteiger partial charge in [0.1, 0.15) is 0 Å². The number of nitrogens with one attached hydrogen (secondary N) is 3. The molecule has 0 saturated heterocycles. The van der Waals surface area contributed by atoms with E-state index in [0.29, 0.717) is 0 Å². The molecule has 610 valence electrons. The summed E-state index contributed by atoms with van der Waals surface area (Å²) in [5.41, 5.74) is 22.2. The standard InChI is InChI=1S/C25H18S.3C24H17NS.C23H16S/c1-2-6-20(7-3-1)21-13-10-18(11-14-21)16-19-12-15-23-22-8-4-5-9-24(22)26-25(23)17-19;1-2-7-17(8-3-1)18-13-15-19(16-14-18)25-22-11-6-10-21-20-9-4-5-12-23(20)26-24(21)22;1-2-7-17(8-3-1)18-13-15-19(16-14-18)25-21-10-6-12-23-24(21)20-9-4-5-11-22(20)26-23;1-2-6-17(7-3-1)18-10-12-19(13-11-18)25-20-14-15-24-22(16-20)21-8-4-5-9-23(21)26-24;1-2-6-19-14-16(9-11-18(19)5-1)13-17-10-12-21-20-7-3-4-8-22(20)24-23(21)15-17/h1-15,17H,16H2;3*1-16,25H;1-12,14-15H,13H2. The van der Waals surface area contributed by atoms with Crippen molar-refractivity contribution in [3.05, 3.63) is 495 Å². The van der Waals surface area contributed by atoms with Crippen LogP contribution in [0.5, 0.6) is 0 Å². The van der Waals surface area contributed by atoms with Crippen molar-refractivity contribution < 1.29 is 0 Å². The van der Waals surface area contributed by atoms with Crippen molar-refractivity contribution in [2.24, 2.45) is 0 Å². The molecule has 0 aliphatic rings. The third kappa shape index (κ3) is 17.8. The molecule has 0 fully saturated rings. The maximum absolute atomic E-state index is 3.61. The number of fused-ring (bicyclic) bond motifs is 16. The highest BCUT2D eigenvalue weighted by molar-refractivity contribution is 7.27.